The Morgan fingerprint density at radius 1 is 1.41 bits per heavy atom. The average Bonchev–Trinajstić information content (AvgIpc) is 2.19. The molecule has 2 nitrogen and oxygen atoms in total. The minimum atomic E-state index is -4.12. The number of rotatable bonds is 4. The molecule has 0 unspecified atom stereocenters. The van der Waals surface area contributed by atoms with Crippen molar-refractivity contribution in [3.05, 3.63) is 0 Å². The van der Waals surface area contributed by atoms with Crippen molar-refractivity contribution in [1.29, 1.82) is 0 Å². The third-order valence-electron chi connectivity index (χ3n) is 3.23. The maximum atomic E-state index is 11.9. The minimum absolute atomic E-state index is 0.0413. The van der Waals surface area contributed by atoms with E-state index in [4.69, 9.17) is 18.0 Å². The molecule has 1 saturated heterocycles. The summed E-state index contributed by atoms with van der Waals surface area (Å²) in [7, 11) is 0. The van der Waals surface area contributed by atoms with Crippen LogP contribution in [0.5, 0.6) is 0 Å². The molecule has 0 atom stereocenters. The fourth-order valence-electron chi connectivity index (χ4n) is 1.81. The SMILES string of the molecule is CC1(C(N)=S)CCN(CCSC(F)(F)F)CC1. The molecule has 1 aliphatic rings. The average molecular weight is 286 g/mol. The van der Waals surface area contributed by atoms with Crippen molar-refractivity contribution in [1.82, 2.24) is 4.90 Å². The third kappa shape index (κ3) is 5.01. The van der Waals surface area contributed by atoms with E-state index in [0.717, 1.165) is 25.9 Å². The van der Waals surface area contributed by atoms with E-state index in [1.807, 2.05) is 11.8 Å². The lowest BCUT2D eigenvalue weighted by Crippen LogP contribution is -2.45. The minimum Gasteiger partial charge on any atom is -0.393 e. The van der Waals surface area contributed by atoms with E-state index in [-0.39, 0.29) is 22.9 Å². The summed E-state index contributed by atoms with van der Waals surface area (Å²) in [6, 6.07) is 0. The van der Waals surface area contributed by atoms with Crippen molar-refractivity contribution in [2.24, 2.45) is 11.1 Å². The maximum Gasteiger partial charge on any atom is 0.441 e. The molecule has 0 aliphatic carbocycles. The highest BCUT2D eigenvalue weighted by molar-refractivity contribution is 8.00. The first kappa shape index (κ1) is 15.0. The highest BCUT2D eigenvalue weighted by atomic mass is 32.2. The highest BCUT2D eigenvalue weighted by Crippen LogP contribution is 2.33. The van der Waals surface area contributed by atoms with Gasteiger partial charge in [-0.25, -0.2) is 0 Å². The van der Waals surface area contributed by atoms with Crippen LogP contribution in [0.4, 0.5) is 13.2 Å². The molecular weight excluding hydrogens is 269 g/mol. The summed E-state index contributed by atoms with van der Waals surface area (Å²) in [5, 5.41) is 0. The lowest BCUT2D eigenvalue weighted by Gasteiger charge is -2.38. The monoisotopic (exact) mass is 286 g/mol. The first-order valence-corrected chi connectivity index (χ1v) is 6.85. The van der Waals surface area contributed by atoms with E-state index in [9.17, 15) is 13.2 Å². The normalized spacial score (nSPS) is 21.4. The lowest BCUT2D eigenvalue weighted by atomic mass is 9.80. The topological polar surface area (TPSA) is 29.3 Å². The van der Waals surface area contributed by atoms with Gasteiger partial charge >= 0.3 is 5.51 Å². The van der Waals surface area contributed by atoms with Crippen LogP contribution >= 0.6 is 24.0 Å². The van der Waals surface area contributed by atoms with Crippen molar-refractivity contribution in [2.75, 3.05) is 25.4 Å². The Morgan fingerprint density at radius 3 is 2.35 bits per heavy atom. The van der Waals surface area contributed by atoms with Crippen LogP contribution in [0.15, 0.2) is 0 Å². The van der Waals surface area contributed by atoms with E-state index >= 15 is 0 Å². The second-order valence-corrected chi connectivity index (χ2v) is 6.16. The zero-order valence-corrected chi connectivity index (χ0v) is 11.4. The fraction of sp³-hybridized carbons (Fsp3) is 0.900. The maximum absolute atomic E-state index is 11.9. The van der Waals surface area contributed by atoms with E-state index in [1.54, 1.807) is 0 Å². The Bertz CT molecular complexity index is 273. The van der Waals surface area contributed by atoms with E-state index < -0.39 is 5.51 Å². The molecule has 1 heterocycles. The van der Waals surface area contributed by atoms with E-state index in [0.29, 0.717) is 11.5 Å². The second kappa shape index (κ2) is 5.75. The van der Waals surface area contributed by atoms with Crippen LogP contribution in [-0.2, 0) is 0 Å². The first-order chi connectivity index (χ1) is 7.73. The Balaban J connectivity index is 2.26. The molecule has 0 aromatic carbocycles. The molecule has 0 bridgehead atoms. The molecule has 1 rings (SSSR count). The number of halogens is 3. The summed E-state index contributed by atoms with van der Waals surface area (Å²) in [5.41, 5.74) is 1.42. The van der Waals surface area contributed by atoms with Crippen LogP contribution in [0.25, 0.3) is 0 Å². The molecular formula is C10H17F3N2S2. The van der Waals surface area contributed by atoms with Gasteiger partial charge in [-0.15, -0.1) is 0 Å². The Morgan fingerprint density at radius 2 is 1.94 bits per heavy atom. The first-order valence-electron chi connectivity index (χ1n) is 5.46. The largest absolute Gasteiger partial charge is 0.441 e. The molecule has 0 saturated carbocycles. The van der Waals surface area contributed by atoms with Crippen molar-refractivity contribution in [2.45, 2.75) is 25.3 Å². The van der Waals surface area contributed by atoms with Gasteiger partial charge in [-0.2, -0.15) is 13.2 Å². The van der Waals surface area contributed by atoms with Crippen molar-refractivity contribution in [3.63, 3.8) is 0 Å². The predicted octanol–water partition coefficient (Wildman–Crippen LogP) is 2.63. The summed E-state index contributed by atoms with van der Waals surface area (Å²) in [5.74, 6) is 0.0906. The van der Waals surface area contributed by atoms with Crippen molar-refractivity contribution >= 4 is 29.0 Å². The standard InChI is InChI=1S/C10H17F3N2S2/c1-9(8(14)16)2-4-15(5-3-9)6-7-17-10(11,12)13/h2-7H2,1H3,(H2,14,16). The van der Waals surface area contributed by atoms with Gasteiger partial charge in [0.2, 0.25) is 0 Å². The third-order valence-corrected chi connectivity index (χ3v) is 4.43. The summed E-state index contributed by atoms with van der Waals surface area (Å²) < 4.78 is 35.8. The Kier molecular flexibility index (Phi) is 5.09. The molecule has 0 amide bonds. The van der Waals surface area contributed by atoms with Gasteiger partial charge in [-0.1, -0.05) is 19.1 Å². The number of piperidine rings is 1. The fourth-order valence-corrected chi connectivity index (χ4v) is 2.59. The van der Waals surface area contributed by atoms with Crippen LogP contribution in [0.3, 0.4) is 0 Å². The second-order valence-electron chi connectivity index (χ2n) is 4.56. The zero-order valence-electron chi connectivity index (χ0n) is 9.72. The summed E-state index contributed by atoms with van der Waals surface area (Å²) in [6.07, 6.45) is 1.66. The molecule has 0 aromatic rings. The summed E-state index contributed by atoms with van der Waals surface area (Å²) in [4.78, 5) is 2.56. The highest BCUT2D eigenvalue weighted by Gasteiger charge is 2.33. The smallest absolute Gasteiger partial charge is 0.393 e. The van der Waals surface area contributed by atoms with Crippen molar-refractivity contribution in [3.8, 4) is 0 Å². The Labute approximate surface area is 109 Å². The van der Waals surface area contributed by atoms with Crippen LogP contribution in [0.2, 0.25) is 0 Å². The molecule has 1 aliphatic heterocycles. The van der Waals surface area contributed by atoms with Gasteiger partial charge in [0, 0.05) is 17.7 Å². The number of hydrogen-bond acceptors (Lipinski definition) is 3. The van der Waals surface area contributed by atoms with Gasteiger partial charge in [0.05, 0.1) is 4.99 Å². The molecule has 100 valence electrons. The number of thioether (sulfide) groups is 1. The number of nitrogens with two attached hydrogens (primary N) is 1. The van der Waals surface area contributed by atoms with E-state index in [1.165, 1.54) is 0 Å². The van der Waals surface area contributed by atoms with Crippen LogP contribution in [0.1, 0.15) is 19.8 Å². The van der Waals surface area contributed by atoms with Gasteiger partial charge < -0.3 is 10.6 Å². The van der Waals surface area contributed by atoms with Gasteiger partial charge in [0.15, 0.2) is 0 Å². The Hall–Kier alpha value is -0.0100. The summed E-state index contributed by atoms with van der Waals surface area (Å²) in [6.45, 7) is 4.03. The van der Waals surface area contributed by atoms with Gasteiger partial charge in [-0.3, -0.25) is 0 Å². The quantitative estimate of drug-likeness (QED) is 0.805. The van der Waals surface area contributed by atoms with Crippen LogP contribution in [0, 0.1) is 5.41 Å². The molecule has 0 spiro atoms. The summed E-state index contributed by atoms with van der Waals surface area (Å²) >= 11 is 5.05. The predicted molar refractivity (Wildman–Crippen MR) is 69.1 cm³/mol. The molecule has 7 heteroatoms. The van der Waals surface area contributed by atoms with Gasteiger partial charge in [0.1, 0.15) is 0 Å². The van der Waals surface area contributed by atoms with Crippen molar-refractivity contribution < 1.29 is 13.2 Å². The van der Waals surface area contributed by atoms with Crippen LogP contribution in [-0.4, -0.2) is 40.8 Å². The molecule has 0 radical (unpaired) electrons. The molecule has 0 aromatic heterocycles. The van der Waals surface area contributed by atoms with E-state index in [2.05, 4.69) is 0 Å². The van der Waals surface area contributed by atoms with Gasteiger partial charge in [-0.05, 0) is 37.7 Å². The number of nitrogens with zero attached hydrogens (tertiary/aromatic N) is 1. The molecule has 1 fully saturated rings. The van der Waals surface area contributed by atoms with Gasteiger partial charge in [0.25, 0.3) is 0 Å². The van der Waals surface area contributed by atoms with Crippen LogP contribution < -0.4 is 5.73 Å². The molecule has 2 N–H and O–H groups in total. The molecule has 17 heavy (non-hydrogen) atoms. The number of likely N-dealkylation sites (tertiary alicyclic amines) is 1. The number of alkyl halides is 3. The number of hydrogen-bond donors (Lipinski definition) is 1. The lowest BCUT2D eigenvalue weighted by molar-refractivity contribution is -0.0329. The number of thiocarbonyl (C=S) groups is 1. The zero-order chi connectivity index (χ0) is 13.1.